The Balaban J connectivity index is 2.94. The molecule has 0 aliphatic carbocycles. The standard InChI is InChI=1S/C12H16FNO/c1-4-14-12(2,3)11(15)9-6-5-7-10(13)8-9/h5-8,14H,4H2,1-3H3. The van der Waals surface area contributed by atoms with E-state index in [1.807, 2.05) is 6.92 Å². The van der Waals surface area contributed by atoms with E-state index >= 15 is 0 Å². The quantitative estimate of drug-likeness (QED) is 0.771. The van der Waals surface area contributed by atoms with Crippen LogP contribution in [-0.4, -0.2) is 17.9 Å². The number of rotatable bonds is 4. The molecule has 2 nitrogen and oxygen atoms in total. The molecule has 0 aliphatic heterocycles. The van der Waals surface area contributed by atoms with Crippen LogP contribution in [0.25, 0.3) is 0 Å². The third-order valence-corrected chi connectivity index (χ3v) is 2.27. The van der Waals surface area contributed by atoms with Gasteiger partial charge in [0.05, 0.1) is 5.54 Å². The predicted octanol–water partition coefficient (Wildman–Crippen LogP) is 2.40. The minimum Gasteiger partial charge on any atom is -0.305 e. The van der Waals surface area contributed by atoms with Gasteiger partial charge in [-0.2, -0.15) is 0 Å². The normalized spacial score (nSPS) is 11.5. The molecule has 0 fully saturated rings. The molecule has 0 saturated heterocycles. The number of Topliss-reactive ketones (excluding diaryl/α,β-unsaturated/α-hetero) is 1. The van der Waals surface area contributed by atoms with Gasteiger partial charge < -0.3 is 5.32 Å². The van der Waals surface area contributed by atoms with Gasteiger partial charge in [-0.3, -0.25) is 4.79 Å². The van der Waals surface area contributed by atoms with Crippen molar-refractivity contribution in [3.05, 3.63) is 35.6 Å². The molecule has 0 amide bonds. The number of hydrogen-bond acceptors (Lipinski definition) is 2. The second kappa shape index (κ2) is 4.53. The third-order valence-electron chi connectivity index (χ3n) is 2.27. The first-order chi connectivity index (χ1) is 6.97. The van der Waals surface area contributed by atoms with E-state index in [4.69, 9.17) is 0 Å². The van der Waals surface area contributed by atoms with Crippen LogP contribution in [0.3, 0.4) is 0 Å². The number of benzene rings is 1. The average Bonchev–Trinajstić information content (AvgIpc) is 2.16. The molecule has 1 aromatic rings. The summed E-state index contributed by atoms with van der Waals surface area (Å²) < 4.78 is 12.9. The zero-order valence-corrected chi connectivity index (χ0v) is 9.30. The SMILES string of the molecule is CCNC(C)(C)C(=O)c1cccc(F)c1. The molecule has 0 spiro atoms. The molecule has 0 bridgehead atoms. The Bertz CT molecular complexity index is 360. The van der Waals surface area contributed by atoms with Crippen LogP contribution in [-0.2, 0) is 0 Å². The lowest BCUT2D eigenvalue weighted by molar-refractivity contribution is 0.0883. The van der Waals surface area contributed by atoms with Crippen LogP contribution in [0.15, 0.2) is 24.3 Å². The number of ketones is 1. The molecule has 0 atom stereocenters. The van der Waals surface area contributed by atoms with Crippen LogP contribution in [0.2, 0.25) is 0 Å². The van der Waals surface area contributed by atoms with Crippen molar-refractivity contribution in [1.82, 2.24) is 5.32 Å². The number of carbonyl (C=O) groups excluding carboxylic acids is 1. The summed E-state index contributed by atoms with van der Waals surface area (Å²) in [6, 6.07) is 5.77. The Kier molecular flexibility index (Phi) is 3.58. The van der Waals surface area contributed by atoms with Crippen molar-refractivity contribution >= 4 is 5.78 Å². The molecule has 0 heterocycles. The summed E-state index contributed by atoms with van der Waals surface area (Å²) in [4.78, 5) is 12.0. The van der Waals surface area contributed by atoms with Crippen molar-refractivity contribution in [2.24, 2.45) is 0 Å². The molecule has 0 radical (unpaired) electrons. The summed E-state index contributed by atoms with van der Waals surface area (Å²) in [6.45, 7) is 6.22. The molecular formula is C12H16FNO. The van der Waals surface area contributed by atoms with Crippen LogP contribution in [0, 0.1) is 5.82 Å². The van der Waals surface area contributed by atoms with Gasteiger partial charge in [-0.25, -0.2) is 4.39 Å². The fourth-order valence-electron chi connectivity index (χ4n) is 1.51. The molecule has 3 heteroatoms. The van der Waals surface area contributed by atoms with Crippen molar-refractivity contribution in [3.63, 3.8) is 0 Å². The lowest BCUT2D eigenvalue weighted by atomic mass is 9.93. The molecule has 82 valence electrons. The Morgan fingerprint density at radius 2 is 2.13 bits per heavy atom. The molecule has 0 aromatic heterocycles. The number of hydrogen-bond donors (Lipinski definition) is 1. The lowest BCUT2D eigenvalue weighted by Gasteiger charge is -2.24. The summed E-state index contributed by atoms with van der Waals surface area (Å²) >= 11 is 0. The van der Waals surface area contributed by atoms with E-state index in [1.54, 1.807) is 26.0 Å². The summed E-state index contributed by atoms with van der Waals surface area (Å²) in [7, 11) is 0. The first kappa shape index (κ1) is 11.9. The molecular weight excluding hydrogens is 193 g/mol. The molecule has 1 N–H and O–H groups in total. The van der Waals surface area contributed by atoms with E-state index in [9.17, 15) is 9.18 Å². The van der Waals surface area contributed by atoms with E-state index in [1.165, 1.54) is 12.1 Å². The van der Waals surface area contributed by atoms with Gasteiger partial charge in [-0.05, 0) is 32.5 Å². The van der Waals surface area contributed by atoms with Gasteiger partial charge in [-0.15, -0.1) is 0 Å². The van der Waals surface area contributed by atoms with Crippen molar-refractivity contribution in [1.29, 1.82) is 0 Å². The van der Waals surface area contributed by atoms with Crippen LogP contribution in [0.5, 0.6) is 0 Å². The predicted molar refractivity (Wildman–Crippen MR) is 58.5 cm³/mol. The highest BCUT2D eigenvalue weighted by atomic mass is 19.1. The van der Waals surface area contributed by atoms with E-state index in [0.717, 1.165) is 0 Å². The Morgan fingerprint density at radius 1 is 1.47 bits per heavy atom. The van der Waals surface area contributed by atoms with E-state index in [0.29, 0.717) is 12.1 Å². The zero-order chi connectivity index (χ0) is 11.5. The molecule has 1 rings (SSSR count). The van der Waals surface area contributed by atoms with Gasteiger partial charge in [0.25, 0.3) is 0 Å². The number of carbonyl (C=O) groups is 1. The second-order valence-electron chi connectivity index (χ2n) is 3.99. The van der Waals surface area contributed by atoms with Crippen LogP contribution < -0.4 is 5.32 Å². The van der Waals surface area contributed by atoms with Crippen molar-refractivity contribution < 1.29 is 9.18 Å². The van der Waals surface area contributed by atoms with E-state index in [2.05, 4.69) is 5.32 Å². The number of halogens is 1. The monoisotopic (exact) mass is 209 g/mol. The topological polar surface area (TPSA) is 29.1 Å². The largest absolute Gasteiger partial charge is 0.305 e. The van der Waals surface area contributed by atoms with Crippen LogP contribution in [0.4, 0.5) is 4.39 Å². The maximum absolute atomic E-state index is 12.9. The highest BCUT2D eigenvalue weighted by Gasteiger charge is 2.27. The molecule has 0 aliphatic rings. The summed E-state index contributed by atoms with van der Waals surface area (Å²) in [6.07, 6.45) is 0. The number of likely N-dealkylation sites (N-methyl/N-ethyl adjacent to an activating group) is 1. The molecule has 0 saturated carbocycles. The van der Waals surface area contributed by atoms with Crippen LogP contribution in [0.1, 0.15) is 31.1 Å². The second-order valence-corrected chi connectivity index (χ2v) is 3.99. The zero-order valence-electron chi connectivity index (χ0n) is 9.30. The van der Waals surface area contributed by atoms with Crippen molar-refractivity contribution in [2.75, 3.05) is 6.54 Å². The van der Waals surface area contributed by atoms with Crippen LogP contribution >= 0.6 is 0 Å². The third kappa shape index (κ3) is 2.86. The van der Waals surface area contributed by atoms with Crippen molar-refractivity contribution in [2.45, 2.75) is 26.3 Å². The first-order valence-corrected chi connectivity index (χ1v) is 5.03. The molecule has 0 unspecified atom stereocenters. The smallest absolute Gasteiger partial charge is 0.182 e. The highest BCUT2D eigenvalue weighted by molar-refractivity contribution is 6.02. The lowest BCUT2D eigenvalue weighted by Crippen LogP contribution is -2.46. The Labute approximate surface area is 89.5 Å². The van der Waals surface area contributed by atoms with Gasteiger partial charge >= 0.3 is 0 Å². The van der Waals surface area contributed by atoms with Gasteiger partial charge in [0, 0.05) is 5.56 Å². The fraction of sp³-hybridized carbons (Fsp3) is 0.417. The maximum atomic E-state index is 12.9. The van der Waals surface area contributed by atoms with Gasteiger partial charge in [-0.1, -0.05) is 19.1 Å². The molecule has 15 heavy (non-hydrogen) atoms. The minimum atomic E-state index is -0.650. The fourth-order valence-corrected chi connectivity index (χ4v) is 1.51. The minimum absolute atomic E-state index is 0.0937. The summed E-state index contributed by atoms with van der Waals surface area (Å²) in [5.41, 5.74) is -0.247. The van der Waals surface area contributed by atoms with E-state index < -0.39 is 5.54 Å². The van der Waals surface area contributed by atoms with Crippen molar-refractivity contribution in [3.8, 4) is 0 Å². The number of nitrogens with one attached hydrogen (secondary N) is 1. The van der Waals surface area contributed by atoms with Gasteiger partial charge in [0.1, 0.15) is 5.82 Å². The van der Waals surface area contributed by atoms with E-state index in [-0.39, 0.29) is 11.6 Å². The maximum Gasteiger partial charge on any atom is 0.182 e. The Hall–Kier alpha value is -1.22. The highest BCUT2D eigenvalue weighted by Crippen LogP contribution is 2.13. The Morgan fingerprint density at radius 3 is 2.67 bits per heavy atom. The van der Waals surface area contributed by atoms with Gasteiger partial charge in [0.15, 0.2) is 5.78 Å². The molecule has 1 aromatic carbocycles. The summed E-state index contributed by atoms with van der Waals surface area (Å²) in [5.74, 6) is -0.475. The first-order valence-electron chi connectivity index (χ1n) is 5.03. The summed E-state index contributed by atoms with van der Waals surface area (Å²) in [5, 5.41) is 3.07. The average molecular weight is 209 g/mol. The van der Waals surface area contributed by atoms with Gasteiger partial charge in [0.2, 0.25) is 0 Å².